The molecule has 2 aromatic carbocycles. The van der Waals surface area contributed by atoms with E-state index in [0.29, 0.717) is 19.0 Å². The molecule has 0 heterocycles. The molecule has 2 N–H and O–H groups in total. The van der Waals surface area contributed by atoms with Crippen molar-refractivity contribution in [1.29, 1.82) is 0 Å². The molecule has 0 saturated heterocycles. The van der Waals surface area contributed by atoms with Crippen LogP contribution < -0.4 is 5.73 Å². The van der Waals surface area contributed by atoms with Gasteiger partial charge in [-0.3, -0.25) is 4.79 Å². The van der Waals surface area contributed by atoms with Crippen LogP contribution in [0.5, 0.6) is 0 Å². The fourth-order valence-corrected chi connectivity index (χ4v) is 3.69. The minimum atomic E-state index is 0. The largest absolute Gasteiger partial charge is 0.341 e. The molecule has 1 amide bonds. The van der Waals surface area contributed by atoms with E-state index in [1.807, 2.05) is 18.0 Å². The Hall–Kier alpha value is -1.58. The second kappa shape index (κ2) is 7.80. The molecule has 0 spiro atoms. The van der Waals surface area contributed by atoms with E-state index in [9.17, 15) is 4.79 Å². The molecule has 1 saturated carbocycles. The van der Waals surface area contributed by atoms with Crippen LogP contribution >= 0.6 is 12.4 Å². The SMILES string of the molecule is CN(Cc1cccc2ccccc12)C(=O)[C@@H]1CCC[C@@H]1CN.Cl. The normalized spacial score (nSPS) is 20.3. The number of nitrogens with zero attached hydrogens (tertiary/aromatic N) is 1. The third-order valence-corrected chi connectivity index (χ3v) is 4.94. The Morgan fingerprint density at radius 3 is 2.70 bits per heavy atom. The summed E-state index contributed by atoms with van der Waals surface area (Å²) < 4.78 is 0. The van der Waals surface area contributed by atoms with Crippen LogP contribution in [0.1, 0.15) is 24.8 Å². The van der Waals surface area contributed by atoms with Gasteiger partial charge >= 0.3 is 0 Å². The first kappa shape index (κ1) is 17.8. The van der Waals surface area contributed by atoms with Crippen molar-refractivity contribution in [3.8, 4) is 0 Å². The fourth-order valence-electron chi connectivity index (χ4n) is 3.69. The van der Waals surface area contributed by atoms with E-state index in [4.69, 9.17) is 5.73 Å². The van der Waals surface area contributed by atoms with Crippen molar-refractivity contribution in [3.05, 3.63) is 48.0 Å². The van der Waals surface area contributed by atoms with Crippen LogP contribution in [0, 0.1) is 11.8 Å². The minimum Gasteiger partial charge on any atom is -0.341 e. The fraction of sp³-hybridized carbons (Fsp3) is 0.421. The van der Waals surface area contributed by atoms with E-state index >= 15 is 0 Å². The zero-order chi connectivity index (χ0) is 15.5. The Morgan fingerprint density at radius 2 is 1.91 bits per heavy atom. The van der Waals surface area contributed by atoms with Gasteiger partial charge in [-0.25, -0.2) is 0 Å². The topological polar surface area (TPSA) is 46.3 Å². The number of fused-ring (bicyclic) bond motifs is 1. The number of rotatable bonds is 4. The first-order chi connectivity index (χ1) is 10.7. The summed E-state index contributed by atoms with van der Waals surface area (Å²) in [6.07, 6.45) is 3.20. The number of hydrogen-bond acceptors (Lipinski definition) is 2. The Bertz CT molecular complexity index is 668. The van der Waals surface area contributed by atoms with E-state index in [2.05, 4.69) is 36.4 Å². The van der Waals surface area contributed by atoms with Gasteiger partial charge in [-0.05, 0) is 41.6 Å². The van der Waals surface area contributed by atoms with Gasteiger partial charge in [0.15, 0.2) is 0 Å². The molecule has 4 heteroatoms. The number of halogens is 1. The number of nitrogens with two attached hydrogens (primary N) is 1. The first-order valence-electron chi connectivity index (χ1n) is 8.12. The molecule has 3 nitrogen and oxygen atoms in total. The average molecular weight is 333 g/mol. The summed E-state index contributed by atoms with van der Waals surface area (Å²) in [4.78, 5) is 14.6. The number of carbonyl (C=O) groups is 1. The molecule has 0 aromatic heterocycles. The molecule has 3 rings (SSSR count). The Balaban J connectivity index is 0.00000192. The standard InChI is InChI=1S/C19H24N2O.ClH/c1-21(19(22)18-11-5-8-15(18)12-20)13-16-9-4-7-14-6-2-3-10-17(14)16;/h2-4,6-7,9-10,15,18H,5,8,11-13,20H2,1H3;1H/t15-,18-;/m1./s1. The molecule has 124 valence electrons. The van der Waals surface area contributed by atoms with E-state index in [1.54, 1.807) is 0 Å². The van der Waals surface area contributed by atoms with Gasteiger partial charge < -0.3 is 10.6 Å². The third kappa shape index (κ3) is 3.67. The molecule has 2 atom stereocenters. The van der Waals surface area contributed by atoms with Gasteiger partial charge in [-0.2, -0.15) is 0 Å². The van der Waals surface area contributed by atoms with Gasteiger partial charge in [0.25, 0.3) is 0 Å². The van der Waals surface area contributed by atoms with Gasteiger partial charge in [0, 0.05) is 19.5 Å². The molecule has 1 aliphatic rings. The molecular weight excluding hydrogens is 308 g/mol. The average Bonchev–Trinajstić information content (AvgIpc) is 3.03. The van der Waals surface area contributed by atoms with E-state index in [-0.39, 0.29) is 24.2 Å². The van der Waals surface area contributed by atoms with E-state index in [1.165, 1.54) is 16.3 Å². The maximum Gasteiger partial charge on any atom is 0.226 e. The highest BCUT2D eigenvalue weighted by atomic mass is 35.5. The van der Waals surface area contributed by atoms with Crippen LogP contribution in [-0.4, -0.2) is 24.4 Å². The maximum atomic E-state index is 12.7. The summed E-state index contributed by atoms with van der Waals surface area (Å²) in [6, 6.07) is 14.6. The van der Waals surface area contributed by atoms with Crippen LogP contribution in [0.4, 0.5) is 0 Å². The maximum absolute atomic E-state index is 12.7. The van der Waals surface area contributed by atoms with Crippen LogP contribution in [0.25, 0.3) is 10.8 Å². The Morgan fingerprint density at radius 1 is 1.17 bits per heavy atom. The summed E-state index contributed by atoms with van der Waals surface area (Å²) in [5.41, 5.74) is 7.02. The lowest BCUT2D eigenvalue weighted by molar-refractivity contribution is -0.135. The minimum absolute atomic E-state index is 0. The van der Waals surface area contributed by atoms with Crippen LogP contribution in [0.3, 0.4) is 0 Å². The van der Waals surface area contributed by atoms with Gasteiger partial charge in [0.1, 0.15) is 0 Å². The second-order valence-electron chi connectivity index (χ2n) is 6.37. The lowest BCUT2D eigenvalue weighted by Crippen LogP contribution is -2.36. The molecule has 2 aromatic rings. The molecule has 0 unspecified atom stereocenters. The quantitative estimate of drug-likeness (QED) is 0.930. The van der Waals surface area contributed by atoms with Crippen molar-refractivity contribution in [2.45, 2.75) is 25.8 Å². The molecule has 0 bridgehead atoms. The van der Waals surface area contributed by atoms with Crippen LogP contribution in [-0.2, 0) is 11.3 Å². The summed E-state index contributed by atoms with van der Waals surface area (Å²) >= 11 is 0. The van der Waals surface area contributed by atoms with Crippen molar-refractivity contribution in [1.82, 2.24) is 4.90 Å². The highest BCUT2D eigenvalue weighted by molar-refractivity contribution is 5.86. The highest BCUT2D eigenvalue weighted by Crippen LogP contribution is 2.32. The lowest BCUT2D eigenvalue weighted by Gasteiger charge is -2.25. The van der Waals surface area contributed by atoms with Crippen molar-refractivity contribution < 1.29 is 4.79 Å². The number of amides is 1. The van der Waals surface area contributed by atoms with Gasteiger partial charge in [0.05, 0.1) is 0 Å². The zero-order valence-corrected chi connectivity index (χ0v) is 14.4. The van der Waals surface area contributed by atoms with Crippen molar-refractivity contribution in [2.75, 3.05) is 13.6 Å². The number of hydrogen-bond donors (Lipinski definition) is 1. The molecule has 1 fully saturated rings. The summed E-state index contributed by atoms with van der Waals surface area (Å²) in [7, 11) is 1.91. The second-order valence-corrected chi connectivity index (χ2v) is 6.37. The predicted molar refractivity (Wildman–Crippen MR) is 97.6 cm³/mol. The van der Waals surface area contributed by atoms with Crippen molar-refractivity contribution in [3.63, 3.8) is 0 Å². The third-order valence-electron chi connectivity index (χ3n) is 4.94. The van der Waals surface area contributed by atoms with Crippen LogP contribution in [0.15, 0.2) is 42.5 Å². The monoisotopic (exact) mass is 332 g/mol. The molecule has 1 aliphatic carbocycles. The predicted octanol–water partition coefficient (Wildman–Crippen LogP) is 3.60. The number of benzene rings is 2. The summed E-state index contributed by atoms with van der Waals surface area (Å²) in [6.45, 7) is 1.28. The first-order valence-corrected chi connectivity index (χ1v) is 8.12. The van der Waals surface area contributed by atoms with E-state index in [0.717, 1.165) is 19.3 Å². The molecule has 23 heavy (non-hydrogen) atoms. The Labute approximate surface area is 144 Å². The van der Waals surface area contributed by atoms with Crippen LogP contribution in [0.2, 0.25) is 0 Å². The Kier molecular flexibility index (Phi) is 6.03. The molecular formula is C19H25ClN2O. The molecule has 0 aliphatic heterocycles. The smallest absolute Gasteiger partial charge is 0.226 e. The van der Waals surface area contributed by atoms with Crippen molar-refractivity contribution in [2.24, 2.45) is 17.6 Å². The lowest BCUT2D eigenvalue weighted by atomic mass is 9.94. The van der Waals surface area contributed by atoms with Gasteiger partial charge in [-0.15, -0.1) is 12.4 Å². The zero-order valence-electron chi connectivity index (χ0n) is 13.6. The van der Waals surface area contributed by atoms with Gasteiger partial charge in [-0.1, -0.05) is 48.9 Å². The van der Waals surface area contributed by atoms with Gasteiger partial charge in [0.2, 0.25) is 5.91 Å². The van der Waals surface area contributed by atoms with E-state index < -0.39 is 0 Å². The van der Waals surface area contributed by atoms with Crippen molar-refractivity contribution >= 4 is 29.1 Å². The molecule has 0 radical (unpaired) electrons. The summed E-state index contributed by atoms with van der Waals surface area (Å²) in [5.74, 6) is 0.730. The number of carbonyl (C=O) groups excluding carboxylic acids is 1. The summed E-state index contributed by atoms with van der Waals surface area (Å²) in [5, 5.41) is 2.45. The highest BCUT2D eigenvalue weighted by Gasteiger charge is 2.33.